The molecule has 7 nitrogen and oxygen atoms in total. The van der Waals surface area contributed by atoms with E-state index in [0.29, 0.717) is 29.4 Å². The van der Waals surface area contributed by atoms with E-state index in [-0.39, 0.29) is 5.96 Å². The zero-order chi connectivity index (χ0) is 17.8. The minimum atomic E-state index is -0.504. The SMILES string of the molecule is N=C(N)N1CCC(Cc2nc(-c3ccccc3)ncc2C(N)=O)CC1. The number of nitrogens with two attached hydrogens (primary N) is 2. The smallest absolute Gasteiger partial charge is 0.252 e. The highest BCUT2D eigenvalue weighted by Crippen LogP contribution is 2.24. The summed E-state index contributed by atoms with van der Waals surface area (Å²) < 4.78 is 0. The summed E-state index contributed by atoms with van der Waals surface area (Å²) in [5.41, 5.74) is 13.0. The van der Waals surface area contributed by atoms with Gasteiger partial charge in [-0.05, 0) is 25.2 Å². The number of hydrogen-bond acceptors (Lipinski definition) is 4. The molecule has 7 heteroatoms. The van der Waals surface area contributed by atoms with Crippen molar-refractivity contribution in [2.75, 3.05) is 13.1 Å². The number of rotatable bonds is 4. The zero-order valence-electron chi connectivity index (χ0n) is 14.0. The van der Waals surface area contributed by atoms with Gasteiger partial charge < -0.3 is 16.4 Å². The van der Waals surface area contributed by atoms with Crippen LogP contribution < -0.4 is 11.5 Å². The molecule has 1 aromatic carbocycles. The van der Waals surface area contributed by atoms with Crippen molar-refractivity contribution in [2.45, 2.75) is 19.3 Å². The van der Waals surface area contributed by atoms with Crippen LogP contribution in [-0.2, 0) is 6.42 Å². The van der Waals surface area contributed by atoms with Gasteiger partial charge in [0.2, 0.25) is 0 Å². The van der Waals surface area contributed by atoms with E-state index >= 15 is 0 Å². The molecule has 1 saturated heterocycles. The van der Waals surface area contributed by atoms with Gasteiger partial charge in [-0.15, -0.1) is 0 Å². The molecule has 0 radical (unpaired) electrons. The minimum Gasteiger partial charge on any atom is -0.370 e. The summed E-state index contributed by atoms with van der Waals surface area (Å²) in [6, 6.07) is 9.67. The Bertz CT molecular complexity index is 768. The van der Waals surface area contributed by atoms with Gasteiger partial charge in [0.25, 0.3) is 5.91 Å². The molecule has 2 aromatic rings. The molecular formula is C18H22N6O. The normalized spacial score (nSPS) is 15.1. The van der Waals surface area contributed by atoms with Crippen molar-refractivity contribution in [2.24, 2.45) is 17.4 Å². The molecule has 0 atom stereocenters. The number of piperidine rings is 1. The molecule has 1 aromatic heterocycles. The number of primary amides is 1. The maximum absolute atomic E-state index is 11.7. The Labute approximate surface area is 146 Å². The van der Waals surface area contributed by atoms with Gasteiger partial charge in [0.1, 0.15) is 0 Å². The Kier molecular flexibility index (Phi) is 4.92. The fourth-order valence-electron chi connectivity index (χ4n) is 3.16. The van der Waals surface area contributed by atoms with Crippen LogP contribution in [0.2, 0.25) is 0 Å². The van der Waals surface area contributed by atoms with Crippen LogP contribution in [-0.4, -0.2) is 39.8 Å². The van der Waals surface area contributed by atoms with E-state index in [1.165, 1.54) is 6.20 Å². The first kappa shape index (κ1) is 16.9. The van der Waals surface area contributed by atoms with Gasteiger partial charge in [-0.3, -0.25) is 10.2 Å². The third-order valence-corrected chi connectivity index (χ3v) is 4.60. The number of guanidine groups is 1. The summed E-state index contributed by atoms with van der Waals surface area (Å²) >= 11 is 0. The molecule has 25 heavy (non-hydrogen) atoms. The monoisotopic (exact) mass is 338 g/mol. The molecule has 0 bridgehead atoms. The first-order chi connectivity index (χ1) is 12.0. The van der Waals surface area contributed by atoms with Crippen molar-refractivity contribution in [3.05, 3.63) is 47.8 Å². The van der Waals surface area contributed by atoms with Crippen LogP contribution in [0.3, 0.4) is 0 Å². The van der Waals surface area contributed by atoms with Gasteiger partial charge in [-0.1, -0.05) is 30.3 Å². The molecule has 1 aliphatic rings. The van der Waals surface area contributed by atoms with E-state index in [1.54, 1.807) is 0 Å². The summed E-state index contributed by atoms with van der Waals surface area (Å²) in [5, 5.41) is 7.51. The van der Waals surface area contributed by atoms with Gasteiger partial charge in [-0.25, -0.2) is 9.97 Å². The lowest BCUT2D eigenvalue weighted by Crippen LogP contribution is -2.42. The first-order valence-electron chi connectivity index (χ1n) is 8.34. The number of carbonyl (C=O) groups is 1. The Morgan fingerprint density at radius 3 is 2.48 bits per heavy atom. The predicted molar refractivity (Wildman–Crippen MR) is 95.9 cm³/mol. The van der Waals surface area contributed by atoms with Crippen LogP contribution >= 0.6 is 0 Å². The van der Waals surface area contributed by atoms with E-state index < -0.39 is 5.91 Å². The largest absolute Gasteiger partial charge is 0.370 e. The molecule has 0 aliphatic carbocycles. The van der Waals surface area contributed by atoms with Crippen molar-refractivity contribution in [3.63, 3.8) is 0 Å². The molecule has 5 N–H and O–H groups in total. The third-order valence-electron chi connectivity index (χ3n) is 4.60. The lowest BCUT2D eigenvalue weighted by Gasteiger charge is -2.32. The van der Waals surface area contributed by atoms with E-state index in [1.807, 2.05) is 35.2 Å². The molecule has 1 fully saturated rings. The van der Waals surface area contributed by atoms with Gasteiger partial charge in [0.05, 0.1) is 11.3 Å². The fourth-order valence-corrected chi connectivity index (χ4v) is 3.16. The van der Waals surface area contributed by atoms with Crippen molar-refractivity contribution in [3.8, 4) is 11.4 Å². The third kappa shape index (κ3) is 3.93. The Morgan fingerprint density at radius 1 is 1.20 bits per heavy atom. The Morgan fingerprint density at radius 2 is 1.88 bits per heavy atom. The van der Waals surface area contributed by atoms with Crippen molar-refractivity contribution in [1.82, 2.24) is 14.9 Å². The lowest BCUT2D eigenvalue weighted by molar-refractivity contribution is 0.0998. The van der Waals surface area contributed by atoms with Crippen LogP contribution in [0.4, 0.5) is 0 Å². The van der Waals surface area contributed by atoms with Crippen molar-refractivity contribution in [1.29, 1.82) is 5.41 Å². The van der Waals surface area contributed by atoms with Crippen LogP contribution in [0.1, 0.15) is 28.9 Å². The molecular weight excluding hydrogens is 316 g/mol. The van der Waals surface area contributed by atoms with Crippen molar-refractivity contribution < 1.29 is 4.79 Å². The standard InChI is InChI=1S/C18H22N6O/c19-16(25)14-11-22-17(13-4-2-1-3-5-13)23-15(14)10-12-6-8-24(9-7-12)18(20)21/h1-5,11-12H,6-10H2,(H2,19,25)(H3,20,21). The second kappa shape index (κ2) is 7.29. The van der Waals surface area contributed by atoms with Crippen LogP contribution in [0.25, 0.3) is 11.4 Å². The molecule has 0 spiro atoms. The molecule has 1 aliphatic heterocycles. The first-order valence-corrected chi connectivity index (χ1v) is 8.34. The number of benzene rings is 1. The number of nitrogens with zero attached hydrogens (tertiary/aromatic N) is 3. The molecule has 2 heterocycles. The van der Waals surface area contributed by atoms with Crippen LogP contribution in [0, 0.1) is 11.3 Å². The molecule has 3 rings (SSSR count). The summed E-state index contributed by atoms with van der Waals surface area (Å²) in [6.45, 7) is 1.51. The number of carbonyl (C=O) groups excluding carboxylic acids is 1. The lowest BCUT2D eigenvalue weighted by atomic mass is 9.91. The summed E-state index contributed by atoms with van der Waals surface area (Å²) in [5.74, 6) is 0.592. The van der Waals surface area contributed by atoms with E-state index in [9.17, 15) is 4.79 Å². The second-order valence-electron chi connectivity index (χ2n) is 6.30. The number of nitrogens with one attached hydrogen (secondary N) is 1. The molecule has 130 valence electrons. The van der Waals surface area contributed by atoms with Gasteiger partial charge in [0.15, 0.2) is 11.8 Å². The minimum absolute atomic E-state index is 0.115. The van der Waals surface area contributed by atoms with Crippen molar-refractivity contribution >= 4 is 11.9 Å². The highest BCUT2D eigenvalue weighted by Gasteiger charge is 2.23. The second-order valence-corrected chi connectivity index (χ2v) is 6.30. The fraction of sp³-hybridized carbons (Fsp3) is 0.333. The van der Waals surface area contributed by atoms with Crippen LogP contribution in [0.15, 0.2) is 36.5 Å². The van der Waals surface area contributed by atoms with Crippen LogP contribution in [0.5, 0.6) is 0 Å². The quantitative estimate of drug-likeness (QED) is 0.574. The van der Waals surface area contributed by atoms with Gasteiger partial charge in [0, 0.05) is 24.8 Å². The summed E-state index contributed by atoms with van der Waals surface area (Å²) in [6.07, 6.45) is 4.01. The highest BCUT2D eigenvalue weighted by atomic mass is 16.1. The number of amides is 1. The summed E-state index contributed by atoms with van der Waals surface area (Å²) in [4.78, 5) is 22.5. The number of hydrogen-bond donors (Lipinski definition) is 3. The molecule has 1 amide bonds. The molecule has 0 saturated carbocycles. The Hall–Kier alpha value is -2.96. The summed E-state index contributed by atoms with van der Waals surface area (Å²) in [7, 11) is 0. The highest BCUT2D eigenvalue weighted by molar-refractivity contribution is 5.93. The zero-order valence-corrected chi connectivity index (χ0v) is 14.0. The average Bonchev–Trinajstić information content (AvgIpc) is 2.62. The number of likely N-dealkylation sites (tertiary alicyclic amines) is 1. The Balaban J connectivity index is 1.81. The average molecular weight is 338 g/mol. The predicted octanol–water partition coefficient (Wildman–Crippen LogP) is 1.39. The van der Waals surface area contributed by atoms with E-state index in [2.05, 4.69) is 9.97 Å². The number of aromatic nitrogens is 2. The van der Waals surface area contributed by atoms with E-state index in [4.69, 9.17) is 16.9 Å². The molecule has 0 unspecified atom stereocenters. The maximum Gasteiger partial charge on any atom is 0.252 e. The maximum atomic E-state index is 11.7. The topological polar surface area (TPSA) is 122 Å². The van der Waals surface area contributed by atoms with Gasteiger partial charge >= 0.3 is 0 Å². The van der Waals surface area contributed by atoms with E-state index in [0.717, 1.165) is 31.5 Å². The van der Waals surface area contributed by atoms with Gasteiger partial charge in [-0.2, -0.15) is 0 Å².